The van der Waals surface area contributed by atoms with Gasteiger partial charge in [0.2, 0.25) is 0 Å². The minimum atomic E-state index is -0.606. The topological polar surface area (TPSA) is 88.4 Å². The molecular formula is C26H19Cl3N2O4. The van der Waals surface area contributed by atoms with Crippen molar-refractivity contribution in [1.29, 1.82) is 5.26 Å². The van der Waals surface area contributed by atoms with Crippen LogP contribution in [-0.4, -0.2) is 18.5 Å². The van der Waals surface area contributed by atoms with Gasteiger partial charge in [-0.1, -0.05) is 46.9 Å². The number of benzene rings is 3. The minimum absolute atomic E-state index is 0.128. The van der Waals surface area contributed by atoms with E-state index >= 15 is 0 Å². The van der Waals surface area contributed by atoms with E-state index in [0.717, 1.165) is 5.56 Å². The molecule has 0 bridgehead atoms. The van der Waals surface area contributed by atoms with Gasteiger partial charge in [0, 0.05) is 21.3 Å². The molecule has 0 fully saturated rings. The average Bonchev–Trinajstić information content (AvgIpc) is 2.83. The van der Waals surface area contributed by atoms with Gasteiger partial charge in [0.25, 0.3) is 5.91 Å². The van der Waals surface area contributed by atoms with Crippen LogP contribution < -0.4 is 10.1 Å². The van der Waals surface area contributed by atoms with E-state index in [4.69, 9.17) is 44.3 Å². The fourth-order valence-corrected chi connectivity index (χ4v) is 3.64. The highest BCUT2D eigenvalue weighted by Crippen LogP contribution is 2.29. The second kappa shape index (κ2) is 12.3. The lowest BCUT2D eigenvalue weighted by Crippen LogP contribution is -2.13. The molecule has 0 saturated carbocycles. The summed E-state index contributed by atoms with van der Waals surface area (Å²) < 4.78 is 10.7. The summed E-state index contributed by atoms with van der Waals surface area (Å²) in [5, 5.41) is 13.4. The standard InChI is InChI=1S/C26H19Cl3N2O4/c1-2-34-26(33)17-5-8-21(9-6-17)31-25(32)19(14-30)11-16-3-10-24(23(29)12-16)35-15-18-4-7-20(27)13-22(18)28/h3-13H,2,15H2,1H3,(H,31,32)/b19-11+. The van der Waals surface area contributed by atoms with Crippen molar-refractivity contribution in [3.05, 3.63) is 98.0 Å². The van der Waals surface area contributed by atoms with E-state index in [9.17, 15) is 14.9 Å². The quantitative estimate of drug-likeness (QED) is 0.194. The maximum absolute atomic E-state index is 12.6. The average molecular weight is 530 g/mol. The predicted octanol–water partition coefficient (Wildman–Crippen LogP) is 6.95. The zero-order valence-corrected chi connectivity index (χ0v) is 20.7. The molecule has 0 aliphatic rings. The van der Waals surface area contributed by atoms with Gasteiger partial charge in [-0.25, -0.2) is 4.79 Å². The van der Waals surface area contributed by atoms with Crippen molar-refractivity contribution in [3.8, 4) is 11.8 Å². The van der Waals surface area contributed by atoms with Gasteiger partial charge in [-0.05, 0) is 67.1 Å². The summed E-state index contributed by atoms with van der Waals surface area (Å²) >= 11 is 18.4. The van der Waals surface area contributed by atoms with Crippen LogP contribution in [0.2, 0.25) is 15.1 Å². The highest BCUT2D eigenvalue weighted by molar-refractivity contribution is 6.35. The number of esters is 1. The van der Waals surface area contributed by atoms with E-state index in [1.807, 2.05) is 6.07 Å². The number of anilines is 1. The second-order valence-corrected chi connectivity index (χ2v) is 8.39. The lowest BCUT2D eigenvalue weighted by atomic mass is 10.1. The maximum atomic E-state index is 12.6. The largest absolute Gasteiger partial charge is 0.487 e. The number of hydrogen-bond acceptors (Lipinski definition) is 5. The minimum Gasteiger partial charge on any atom is -0.487 e. The third kappa shape index (κ3) is 7.24. The van der Waals surface area contributed by atoms with Crippen LogP contribution in [0.25, 0.3) is 6.08 Å². The lowest BCUT2D eigenvalue weighted by Gasteiger charge is -2.10. The maximum Gasteiger partial charge on any atom is 0.338 e. The van der Waals surface area contributed by atoms with Crippen LogP contribution in [0.4, 0.5) is 5.69 Å². The van der Waals surface area contributed by atoms with E-state index in [1.54, 1.807) is 55.5 Å². The molecule has 3 aromatic rings. The first-order chi connectivity index (χ1) is 16.8. The van der Waals surface area contributed by atoms with Crippen LogP contribution in [0.5, 0.6) is 5.75 Å². The highest BCUT2D eigenvalue weighted by atomic mass is 35.5. The summed E-state index contributed by atoms with van der Waals surface area (Å²) in [5.74, 6) is -0.645. The number of nitriles is 1. The Kier molecular flexibility index (Phi) is 9.16. The molecule has 0 aromatic heterocycles. The zero-order chi connectivity index (χ0) is 25.4. The SMILES string of the molecule is CCOC(=O)c1ccc(NC(=O)/C(C#N)=C/c2ccc(OCc3ccc(Cl)cc3Cl)c(Cl)c2)cc1. The van der Waals surface area contributed by atoms with Gasteiger partial charge in [-0.2, -0.15) is 5.26 Å². The van der Waals surface area contributed by atoms with Gasteiger partial charge in [0.1, 0.15) is 24.0 Å². The van der Waals surface area contributed by atoms with Crippen molar-refractivity contribution in [3.63, 3.8) is 0 Å². The Bertz CT molecular complexity index is 1320. The van der Waals surface area contributed by atoms with Gasteiger partial charge in [0.05, 0.1) is 17.2 Å². The van der Waals surface area contributed by atoms with Crippen molar-refractivity contribution >= 4 is 58.4 Å². The molecule has 0 aliphatic carbocycles. The monoisotopic (exact) mass is 528 g/mol. The van der Waals surface area contributed by atoms with Crippen molar-refractivity contribution in [2.24, 2.45) is 0 Å². The van der Waals surface area contributed by atoms with E-state index in [2.05, 4.69) is 5.32 Å². The molecular weight excluding hydrogens is 511 g/mol. The van der Waals surface area contributed by atoms with Crippen LogP contribution >= 0.6 is 34.8 Å². The van der Waals surface area contributed by atoms with E-state index in [-0.39, 0.29) is 18.8 Å². The van der Waals surface area contributed by atoms with Crippen LogP contribution in [0, 0.1) is 11.3 Å². The van der Waals surface area contributed by atoms with Crippen molar-refractivity contribution < 1.29 is 19.1 Å². The van der Waals surface area contributed by atoms with E-state index < -0.39 is 11.9 Å². The molecule has 0 aliphatic heterocycles. The number of carbonyl (C=O) groups excluding carboxylic acids is 2. The number of hydrogen-bond donors (Lipinski definition) is 1. The molecule has 6 nitrogen and oxygen atoms in total. The molecule has 0 unspecified atom stereocenters. The number of rotatable bonds is 8. The Morgan fingerprint density at radius 2 is 1.74 bits per heavy atom. The number of carbonyl (C=O) groups is 2. The van der Waals surface area contributed by atoms with Gasteiger partial charge in [-0.15, -0.1) is 0 Å². The molecule has 9 heteroatoms. The molecule has 3 aromatic carbocycles. The molecule has 1 N–H and O–H groups in total. The van der Waals surface area contributed by atoms with Crippen molar-refractivity contribution in [2.45, 2.75) is 13.5 Å². The van der Waals surface area contributed by atoms with Crippen LogP contribution in [0.3, 0.4) is 0 Å². The first-order valence-corrected chi connectivity index (χ1v) is 11.5. The molecule has 178 valence electrons. The van der Waals surface area contributed by atoms with Crippen molar-refractivity contribution in [1.82, 2.24) is 0 Å². The fourth-order valence-electron chi connectivity index (χ4n) is 2.94. The van der Waals surface area contributed by atoms with Crippen molar-refractivity contribution in [2.75, 3.05) is 11.9 Å². The van der Waals surface area contributed by atoms with Crippen LogP contribution in [0.15, 0.2) is 66.2 Å². The molecule has 0 atom stereocenters. The molecule has 35 heavy (non-hydrogen) atoms. The molecule has 1 amide bonds. The predicted molar refractivity (Wildman–Crippen MR) is 137 cm³/mol. The fraction of sp³-hybridized carbons (Fsp3) is 0.115. The van der Waals surface area contributed by atoms with Crippen LogP contribution in [0.1, 0.15) is 28.4 Å². The van der Waals surface area contributed by atoms with E-state index in [0.29, 0.717) is 37.6 Å². The Hall–Kier alpha value is -3.50. The summed E-state index contributed by atoms with van der Waals surface area (Å²) in [7, 11) is 0. The van der Waals surface area contributed by atoms with Gasteiger partial charge < -0.3 is 14.8 Å². The Labute approximate surface area is 217 Å². The molecule has 3 rings (SSSR count). The summed E-state index contributed by atoms with van der Waals surface area (Å²) in [5.41, 5.74) is 1.94. The van der Waals surface area contributed by atoms with Crippen LogP contribution in [-0.2, 0) is 16.1 Å². The summed E-state index contributed by atoms with van der Waals surface area (Å²) in [4.78, 5) is 24.3. The first kappa shape index (κ1) is 26.1. The number of nitrogens with zero attached hydrogens (tertiary/aromatic N) is 1. The highest BCUT2D eigenvalue weighted by Gasteiger charge is 2.12. The van der Waals surface area contributed by atoms with Gasteiger partial charge in [0.15, 0.2) is 0 Å². The molecule has 0 saturated heterocycles. The summed E-state index contributed by atoms with van der Waals surface area (Å²) in [6.07, 6.45) is 1.41. The lowest BCUT2D eigenvalue weighted by molar-refractivity contribution is -0.112. The van der Waals surface area contributed by atoms with E-state index in [1.165, 1.54) is 18.2 Å². The zero-order valence-electron chi connectivity index (χ0n) is 18.5. The second-order valence-electron chi connectivity index (χ2n) is 7.14. The number of ether oxygens (including phenoxy) is 2. The third-order valence-corrected chi connectivity index (χ3v) is 5.57. The number of amides is 1. The third-order valence-electron chi connectivity index (χ3n) is 4.68. The Balaban J connectivity index is 1.67. The Morgan fingerprint density at radius 1 is 1.00 bits per heavy atom. The number of nitrogens with one attached hydrogen (secondary N) is 1. The smallest absolute Gasteiger partial charge is 0.338 e. The Morgan fingerprint density at radius 3 is 2.37 bits per heavy atom. The molecule has 0 radical (unpaired) electrons. The first-order valence-electron chi connectivity index (χ1n) is 10.4. The normalized spacial score (nSPS) is 10.9. The molecule has 0 heterocycles. The summed E-state index contributed by atoms with van der Waals surface area (Å²) in [6.45, 7) is 2.17. The molecule has 0 spiro atoms. The van der Waals surface area contributed by atoms with Gasteiger partial charge in [-0.3, -0.25) is 4.79 Å². The number of halogens is 3. The summed E-state index contributed by atoms with van der Waals surface area (Å²) in [6, 6.07) is 18.0. The van der Waals surface area contributed by atoms with Gasteiger partial charge >= 0.3 is 5.97 Å².